The normalized spacial score (nSPS) is 12.8. The largest absolute Gasteiger partial charge is 0.497 e. The van der Waals surface area contributed by atoms with Crippen molar-refractivity contribution in [2.45, 2.75) is 39.2 Å². The molecule has 2 heteroatoms. The lowest BCUT2D eigenvalue weighted by Crippen LogP contribution is -2.22. The third-order valence-corrected chi connectivity index (χ3v) is 2.71. The van der Waals surface area contributed by atoms with Gasteiger partial charge < -0.3 is 10.5 Å². The predicted molar refractivity (Wildman–Crippen MR) is 68.7 cm³/mol. The standard InChI is InChI=1S/C14H23NO/c1-11(2)9-13(15)8-7-12-5-4-6-14(10-12)16-3/h4-6,10-11,13H,7-9,15H2,1-3H3. The van der Waals surface area contributed by atoms with Crippen molar-refractivity contribution in [1.82, 2.24) is 0 Å². The van der Waals surface area contributed by atoms with Gasteiger partial charge in [0.25, 0.3) is 0 Å². The van der Waals surface area contributed by atoms with E-state index in [2.05, 4.69) is 26.0 Å². The molecular formula is C14H23NO. The zero-order valence-corrected chi connectivity index (χ0v) is 10.6. The van der Waals surface area contributed by atoms with E-state index in [0.717, 1.165) is 25.0 Å². The fraction of sp³-hybridized carbons (Fsp3) is 0.571. The van der Waals surface area contributed by atoms with Gasteiger partial charge in [0.2, 0.25) is 0 Å². The zero-order valence-electron chi connectivity index (χ0n) is 10.6. The van der Waals surface area contributed by atoms with Crippen LogP contribution in [0.1, 0.15) is 32.3 Å². The van der Waals surface area contributed by atoms with Gasteiger partial charge in [0, 0.05) is 6.04 Å². The van der Waals surface area contributed by atoms with E-state index in [-0.39, 0.29) is 0 Å². The number of hydrogen-bond donors (Lipinski definition) is 1. The molecule has 0 spiro atoms. The second kappa shape index (κ2) is 6.54. The van der Waals surface area contributed by atoms with Crippen LogP contribution in [0.25, 0.3) is 0 Å². The highest BCUT2D eigenvalue weighted by Crippen LogP contribution is 2.15. The third-order valence-electron chi connectivity index (χ3n) is 2.71. The number of aryl methyl sites for hydroxylation is 1. The molecule has 90 valence electrons. The number of benzene rings is 1. The van der Waals surface area contributed by atoms with Crippen LogP contribution in [-0.2, 0) is 6.42 Å². The molecule has 0 aliphatic carbocycles. The molecule has 2 N–H and O–H groups in total. The average Bonchev–Trinajstić information content (AvgIpc) is 2.26. The lowest BCUT2D eigenvalue weighted by Gasteiger charge is -2.14. The summed E-state index contributed by atoms with van der Waals surface area (Å²) in [5.41, 5.74) is 7.37. The van der Waals surface area contributed by atoms with Gasteiger partial charge in [-0.3, -0.25) is 0 Å². The van der Waals surface area contributed by atoms with Gasteiger partial charge in [-0.2, -0.15) is 0 Å². The Bertz CT molecular complexity index is 309. The average molecular weight is 221 g/mol. The number of rotatable bonds is 6. The van der Waals surface area contributed by atoms with E-state index in [0.29, 0.717) is 12.0 Å². The summed E-state index contributed by atoms with van der Waals surface area (Å²) in [5.74, 6) is 1.61. The van der Waals surface area contributed by atoms with Crippen LogP contribution in [0.5, 0.6) is 5.75 Å². The highest BCUT2D eigenvalue weighted by atomic mass is 16.5. The van der Waals surface area contributed by atoms with Crippen LogP contribution in [0.4, 0.5) is 0 Å². The lowest BCUT2D eigenvalue weighted by molar-refractivity contribution is 0.414. The van der Waals surface area contributed by atoms with Gasteiger partial charge in [0.05, 0.1) is 7.11 Å². The van der Waals surface area contributed by atoms with Crippen LogP contribution in [0.15, 0.2) is 24.3 Å². The maximum Gasteiger partial charge on any atom is 0.119 e. The van der Waals surface area contributed by atoms with Gasteiger partial charge in [-0.25, -0.2) is 0 Å². The van der Waals surface area contributed by atoms with E-state index >= 15 is 0 Å². The maximum atomic E-state index is 6.06. The Hall–Kier alpha value is -1.02. The van der Waals surface area contributed by atoms with Gasteiger partial charge in [0.15, 0.2) is 0 Å². The van der Waals surface area contributed by atoms with Crippen molar-refractivity contribution in [2.24, 2.45) is 11.7 Å². The van der Waals surface area contributed by atoms with E-state index < -0.39 is 0 Å². The molecule has 1 aromatic carbocycles. The van der Waals surface area contributed by atoms with E-state index in [1.165, 1.54) is 5.56 Å². The molecule has 2 nitrogen and oxygen atoms in total. The summed E-state index contributed by atoms with van der Waals surface area (Å²) in [5, 5.41) is 0. The first-order chi connectivity index (χ1) is 7.61. The Balaban J connectivity index is 2.41. The van der Waals surface area contributed by atoms with Crippen LogP contribution in [0.2, 0.25) is 0 Å². The molecule has 0 radical (unpaired) electrons. The van der Waals surface area contributed by atoms with Crippen molar-refractivity contribution in [3.63, 3.8) is 0 Å². The van der Waals surface area contributed by atoms with E-state index in [9.17, 15) is 0 Å². The van der Waals surface area contributed by atoms with Gasteiger partial charge in [-0.15, -0.1) is 0 Å². The number of ether oxygens (including phenoxy) is 1. The second-order valence-corrected chi connectivity index (χ2v) is 4.78. The molecule has 1 aromatic rings. The summed E-state index contributed by atoms with van der Waals surface area (Å²) >= 11 is 0. The molecule has 0 saturated carbocycles. The van der Waals surface area contributed by atoms with Crippen LogP contribution in [0, 0.1) is 5.92 Å². The van der Waals surface area contributed by atoms with Gasteiger partial charge in [-0.05, 0) is 42.9 Å². The zero-order chi connectivity index (χ0) is 12.0. The van der Waals surface area contributed by atoms with Crippen LogP contribution in [-0.4, -0.2) is 13.2 Å². The SMILES string of the molecule is COc1cccc(CCC(N)CC(C)C)c1. The summed E-state index contributed by atoms with van der Waals surface area (Å²) in [6.45, 7) is 4.43. The van der Waals surface area contributed by atoms with Crippen LogP contribution in [0.3, 0.4) is 0 Å². The Morgan fingerprint density at radius 2 is 2.06 bits per heavy atom. The van der Waals surface area contributed by atoms with Crippen molar-refractivity contribution in [3.8, 4) is 5.75 Å². The van der Waals surface area contributed by atoms with Crippen molar-refractivity contribution < 1.29 is 4.74 Å². The number of nitrogens with two attached hydrogens (primary N) is 1. The minimum Gasteiger partial charge on any atom is -0.497 e. The van der Waals surface area contributed by atoms with Crippen molar-refractivity contribution in [2.75, 3.05) is 7.11 Å². The highest BCUT2D eigenvalue weighted by Gasteiger charge is 2.06. The summed E-state index contributed by atoms with van der Waals surface area (Å²) < 4.78 is 5.19. The molecular weight excluding hydrogens is 198 g/mol. The first kappa shape index (κ1) is 13.0. The van der Waals surface area contributed by atoms with Crippen molar-refractivity contribution >= 4 is 0 Å². The predicted octanol–water partition coefficient (Wildman–Crippen LogP) is 3.00. The monoisotopic (exact) mass is 221 g/mol. The summed E-state index contributed by atoms with van der Waals surface area (Å²) in [6.07, 6.45) is 3.18. The molecule has 0 aliphatic heterocycles. The van der Waals surface area contributed by atoms with E-state index in [1.54, 1.807) is 7.11 Å². The molecule has 0 saturated heterocycles. The van der Waals surface area contributed by atoms with E-state index in [1.807, 2.05) is 12.1 Å². The molecule has 0 fully saturated rings. The molecule has 1 atom stereocenters. The first-order valence-electron chi connectivity index (χ1n) is 6.00. The quantitative estimate of drug-likeness (QED) is 0.801. The molecule has 0 heterocycles. The third kappa shape index (κ3) is 4.67. The minimum absolute atomic E-state index is 0.311. The lowest BCUT2D eigenvalue weighted by atomic mass is 9.98. The highest BCUT2D eigenvalue weighted by molar-refractivity contribution is 5.28. The minimum atomic E-state index is 0.311. The summed E-state index contributed by atoms with van der Waals surface area (Å²) in [7, 11) is 1.70. The molecule has 0 bridgehead atoms. The molecule has 0 aromatic heterocycles. The van der Waals surface area contributed by atoms with Crippen molar-refractivity contribution in [3.05, 3.63) is 29.8 Å². The second-order valence-electron chi connectivity index (χ2n) is 4.78. The van der Waals surface area contributed by atoms with Crippen LogP contribution >= 0.6 is 0 Å². The smallest absolute Gasteiger partial charge is 0.119 e. The van der Waals surface area contributed by atoms with Gasteiger partial charge in [-0.1, -0.05) is 26.0 Å². The number of hydrogen-bond acceptors (Lipinski definition) is 2. The molecule has 1 unspecified atom stereocenters. The summed E-state index contributed by atoms with van der Waals surface area (Å²) in [6, 6.07) is 8.53. The molecule has 1 rings (SSSR count). The van der Waals surface area contributed by atoms with Crippen LogP contribution < -0.4 is 10.5 Å². The molecule has 0 aliphatic rings. The Labute approximate surface area is 98.8 Å². The first-order valence-corrected chi connectivity index (χ1v) is 6.00. The fourth-order valence-electron chi connectivity index (χ4n) is 1.90. The van der Waals surface area contributed by atoms with Gasteiger partial charge >= 0.3 is 0 Å². The van der Waals surface area contributed by atoms with Gasteiger partial charge in [0.1, 0.15) is 5.75 Å². The summed E-state index contributed by atoms with van der Waals surface area (Å²) in [4.78, 5) is 0. The molecule has 0 amide bonds. The topological polar surface area (TPSA) is 35.2 Å². The maximum absolute atomic E-state index is 6.06. The number of methoxy groups -OCH3 is 1. The Morgan fingerprint density at radius 1 is 1.31 bits per heavy atom. The fourth-order valence-corrected chi connectivity index (χ4v) is 1.90. The van der Waals surface area contributed by atoms with Crippen molar-refractivity contribution in [1.29, 1.82) is 0 Å². The van der Waals surface area contributed by atoms with E-state index in [4.69, 9.17) is 10.5 Å². The Kier molecular flexibility index (Phi) is 5.33. The molecule has 16 heavy (non-hydrogen) atoms. The Morgan fingerprint density at radius 3 is 2.69 bits per heavy atom.